The van der Waals surface area contributed by atoms with Gasteiger partial charge in [0.1, 0.15) is 5.82 Å². The zero-order valence-corrected chi connectivity index (χ0v) is 14.4. The largest absolute Gasteiger partial charge is 0.366 e. The van der Waals surface area contributed by atoms with Gasteiger partial charge in [0.2, 0.25) is 5.95 Å². The predicted octanol–water partition coefficient (Wildman–Crippen LogP) is 5.10. The highest BCUT2D eigenvalue weighted by Crippen LogP contribution is 2.25. The lowest BCUT2D eigenvalue weighted by Crippen LogP contribution is -2.06. The van der Waals surface area contributed by atoms with Gasteiger partial charge in [-0.2, -0.15) is 4.98 Å². The van der Waals surface area contributed by atoms with Crippen molar-refractivity contribution < 1.29 is 0 Å². The Morgan fingerprint density at radius 3 is 2.54 bits per heavy atom. The van der Waals surface area contributed by atoms with Crippen molar-refractivity contribution in [3.8, 4) is 0 Å². The molecule has 0 amide bonds. The molecule has 1 aromatic heterocycles. The highest BCUT2D eigenvalue weighted by Gasteiger charge is 2.06. The Kier molecular flexibility index (Phi) is 4.96. The Bertz CT molecular complexity index is 834. The van der Waals surface area contributed by atoms with Crippen LogP contribution in [0.3, 0.4) is 0 Å². The number of rotatable bonds is 5. The molecule has 2 N–H and O–H groups in total. The van der Waals surface area contributed by atoms with Crippen molar-refractivity contribution in [3.63, 3.8) is 0 Å². The van der Waals surface area contributed by atoms with Crippen LogP contribution in [0.5, 0.6) is 0 Å². The van der Waals surface area contributed by atoms with Crippen LogP contribution in [0.25, 0.3) is 0 Å². The summed E-state index contributed by atoms with van der Waals surface area (Å²) in [5.74, 6) is 1.34. The molecule has 0 radical (unpaired) electrons. The Hall–Kier alpha value is -2.59. The first-order valence-electron chi connectivity index (χ1n) is 7.77. The maximum atomic E-state index is 6.17. The third kappa shape index (κ3) is 4.03. The lowest BCUT2D eigenvalue weighted by molar-refractivity contribution is 1.06. The summed E-state index contributed by atoms with van der Waals surface area (Å²) in [5.41, 5.74) is 3.97. The number of anilines is 3. The predicted molar refractivity (Wildman–Crippen MR) is 100 cm³/mol. The fraction of sp³-hybridized carbons (Fsp3) is 0.158. The van der Waals surface area contributed by atoms with Gasteiger partial charge in [-0.25, -0.2) is 4.98 Å². The van der Waals surface area contributed by atoms with Crippen LogP contribution in [0.15, 0.2) is 54.6 Å². The topological polar surface area (TPSA) is 49.8 Å². The normalized spacial score (nSPS) is 10.5. The molecule has 0 aliphatic rings. The fourth-order valence-electron chi connectivity index (χ4n) is 2.37. The summed E-state index contributed by atoms with van der Waals surface area (Å²) < 4.78 is 0. The zero-order chi connectivity index (χ0) is 16.9. The van der Waals surface area contributed by atoms with Crippen molar-refractivity contribution in [2.45, 2.75) is 20.4 Å². The van der Waals surface area contributed by atoms with Gasteiger partial charge in [0, 0.05) is 29.0 Å². The van der Waals surface area contributed by atoms with Crippen LogP contribution in [0.4, 0.5) is 17.5 Å². The quantitative estimate of drug-likeness (QED) is 0.679. The number of hydrogen-bond acceptors (Lipinski definition) is 4. The molecule has 0 saturated heterocycles. The lowest BCUT2D eigenvalue weighted by atomic mass is 10.2. The molecule has 0 fully saturated rings. The summed E-state index contributed by atoms with van der Waals surface area (Å²) in [4.78, 5) is 8.99. The van der Waals surface area contributed by atoms with E-state index < -0.39 is 0 Å². The van der Waals surface area contributed by atoms with Crippen molar-refractivity contribution in [2.75, 3.05) is 10.6 Å². The van der Waals surface area contributed by atoms with Gasteiger partial charge >= 0.3 is 0 Å². The van der Waals surface area contributed by atoms with E-state index in [4.69, 9.17) is 11.6 Å². The molecule has 0 atom stereocenters. The second-order valence-electron chi connectivity index (χ2n) is 5.59. The first-order chi connectivity index (χ1) is 11.6. The van der Waals surface area contributed by atoms with E-state index >= 15 is 0 Å². The molecule has 24 heavy (non-hydrogen) atoms. The van der Waals surface area contributed by atoms with Crippen LogP contribution in [0, 0.1) is 13.8 Å². The van der Waals surface area contributed by atoms with Crippen molar-refractivity contribution in [2.24, 2.45) is 0 Å². The lowest BCUT2D eigenvalue weighted by Gasteiger charge is -2.12. The van der Waals surface area contributed by atoms with E-state index in [0.717, 1.165) is 27.8 Å². The molecule has 0 aliphatic carbocycles. The van der Waals surface area contributed by atoms with Gasteiger partial charge in [-0.05, 0) is 37.1 Å². The summed E-state index contributed by atoms with van der Waals surface area (Å²) in [6.45, 7) is 4.63. The van der Waals surface area contributed by atoms with E-state index in [1.165, 1.54) is 5.56 Å². The summed E-state index contributed by atoms with van der Waals surface area (Å²) in [5, 5.41) is 7.30. The molecule has 122 valence electrons. The van der Waals surface area contributed by atoms with Crippen molar-refractivity contribution in [1.82, 2.24) is 9.97 Å². The first kappa shape index (κ1) is 16.3. The second kappa shape index (κ2) is 7.32. The van der Waals surface area contributed by atoms with Crippen molar-refractivity contribution in [1.29, 1.82) is 0 Å². The van der Waals surface area contributed by atoms with Gasteiger partial charge < -0.3 is 10.6 Å². The molecule has 0 saturated carbocycles. The first-order valence-corrected chi connectivity index (χ1v) is 8.15. The molecule has 0 spiro atoms. The number of halogens is 1. The molecule has 2 aromatic carbocycles. The minimum absolute atomic E-state index is 0.552. The summed E-state index contributed by atoms with van der Waals surface area (Å²) in [6.07, 6.45) is 0. The Morgan fingerprint density at radius 1 is 0.958 bits per heavy atom. The van der Waals surface area contributed by atoms with Gasteiger partial charge in [-0.15, -0.1) is 0 Å². The van der Waals surface area contributed by atoms with Crippen LogP contribution >= 0.6 is 11.6 Å². The average molecular weight is 339 g/mol. The van der Waals surface area contributed by atoms with Crippen LogP contribution in [-0.2, 0) is 6.54 Å². The molecule has 1 heterocycles. The molecule has 0 aliphatic heterocycles. The molecule has 4 nitrogen and oxygen atoms in total. The van der Waals surface area contributed by atoms with Crippen LogP contribution < -0.4 is 10.6 Å². The smallest absolute Gasteiger partial charge is 0.229 e. The zero-order valence-electron chi connectivity index (χ0n) is 13.7. The van der Waals surface area contributed by atoms with E-state index in [-0.39, 0.29) is 0 Å². The van der Waals surface area contributed by atoms with Crippen LogP contribution in [-0.4, -0.2) is 9.97 Å². The third-order valence-corrected chi connectivity index (χ3v) is 4.09. The van der Waals surface area contributed by atoms with E-state index in [9.17, 15) is 0 Å². The maximum Gasteiger partial charge on any atom is 0.229 e. The minimum atomic E-state index is 0.552. The SMILES string of the molecule is Cc1cc(NCc2ccccc2)nc(Nc2cccc(Cl)c2C)n1. The summed E-state index contributed by atoms with van der Waals surface area (Å²) in [6, 6.07) is 17.9. The molecular formula is C19H19ClN4. The van der Waals surface area contributed by atoms with Gasteiger partial charge in [-0.3, -0.25) is 0 Å². The molecule has 5 heteroatoms. The summed E-state index contributed by atoms with van der Waals surface area (Å²) >= 11 is 6.17. The van der Waals surface area contributed by atoms with E-state index in [2.05, 4.69) is 32.7 Å². The Balaban J connectivity index is 1.77. The van der Waals surface area contributed by atoms with Crippen molar-refractivity contribution >= 4 is 29.1 Å². The van der Waals surface area contributed by atoms with Gasteiger partial charge in [0.15, 0.2) is 0 Å². The number of benzene rings is 2. The fourth-order valence-corrected chi connectivity index (χ4v) is 2.54. The van der Waals surface area contributed by atoms with E-state index in [1.54, 1.807) is 0 Å². The van der Waals surface area contributed by atoms with E-state index in [1.807, 2.05) is 56.3 Å². The number of aryl methyl sites for hydroxylation is 1. The van der Waals surface area contributed by atoms with Crippen LogP contribution in [0.1, 0.15) is 16.8 Å². The number of nitrogens with zero attached hydrogens (tertiary/aromatic N) is 2. The number of nitrogens with one attached hydrogen (secondary N) is 2. The minimum Gasteiger partial charge on any atom is -0.366 e. The maximum absolute atomic E-state index is 6.17. The third-order valence-electron chi connectivity index (χ3n) is 3.68. The number of hydrogen-bond donors (Lipinski definition) is 2. The molecule has 0 unspecified atom stereocenters. The summed E-state index contributed by atoms with van der Waals surface area (Å²) in [7, 11) is 0. The monoisotopic (exact) mass is 338 g/mol. The standard InChI is InChI=1S/C19H19ClN4/c1-13-11-18(21-12-15-7-4-3-5-8-15)24-19(22-13)23-17-10-6-9-16(20)14(17)2/h3-11H,12H2,1-2H3,(H2,21,22,23,24). The highest BCUT2D eigenvalue weighted by molar-refractivity contribution is 6.31. The number of aromatic nitrogens is 2. The molecule has 3 aromatic rings. The Morgan fingerprint density at radius 2 is 1.75 bits per heavy atom. The van der Waals surface area contributed by atoms with Crippen molar-refractivity contribution in [3.05, 3.63) is 76.4 Å². The van der Waals surface area contributed by atoms with Crippen LogP contribution in [0.2, 0.25) is 5.02 Å². The second-order valence-corrected chi connectivity index (χ2v) is 6.00. The Labute approximate surface area is 146 Å². The van der Waals surface area contributed by atoms with E-state index in [0.29, 0.717) is 12.5 Å². The van der Waals surface area contributed by atoms with Gasteiger partial charge in [0.25, 0.3) is 0 Å². The average Bonchev–Trinajstić information content (AvgIpc) is 2.58. The molecule has 0 bridgehead atoms. The highest BCUT2D eigenvalue weighted by atomic mass is 35.5. The molecular weight excluding hydrogens is 320 g/mol. The van der Waals surface area contributed by atoms with Gasteiger partial charge in [-0.1, -0.05) is 48.0 Å². The molecule has 3 rings (SSSR count). The van der Waals surface area contributed by atoms with Gasteiger partial charge in [0.05, 0.1) is 0 Å².